The zero-order chi connectivity index (χ0) is 19.9. The molecule has 28 heavy (non-hydrogen) atoms. The maximum atomic E-state index is 12.1. The molecule has 0 saturated carbocycles. The molecule has 0 aliphatic carbocycles. The van der Waals surface area contributed by atoms with Gasteiger partial charge in [-0.3, -0.25) is 14.9 Å². The highest BCUT2D eigenvalue weighted by Gasteiger charge is 2.15. The van der Waals surface area contributed by atoms with Gasteiger partial charge in [-0.1, -0.05) is 24.3 Å². The monoisotopic (exact) mass is 378 g/mol. The van der Waals surface area contributed by atoms with Crippen molar-refractivity contribution in [2.45, 2.75) is 6.92 Å². The number of ether oxygens (including phenoxy) is 2. The standard InChI is InChI=1S/C21H18N2O5/c1-15-19(8-5-9-20(15)23(25)26)22-21(24)14-27-16-10-12-18(13-11-16)28-17-6-3-2-4-7-17/h2-13H,14H2,1H3,(H,22,24). The minimum absolute atomic E-state index is 0.0484. The molecule has 0 atom stereocenters. The van der Waals surface area contributed by atoms with E-state index in [0.717, 1.165) is 5.75 Å². The van der Waals surface area contributed by atoms with Gasteiger partial charge in [-0.05, 0) is 49.4 Å². The van der Waals surface area contributed by atoms with Crippen molar-refractivity contribution in [3.8, 4) is 17.2 Å². The summed E-state index contributed by atoms with van der Waals surface area (Å²) in [6.07, 6.45) is 0. The van der Waals surface area contributed by atoms with E-state index < -0.39 is 10.8 Å². The minimum Gasteiger partial charge on any atom is -0.484 e. The number of nitrogens with one attached hydrogen (secondary N) is 1. The van der Waals surface area contributed by atoms with Crippen LogP contribution < -0.4 is 14.8 Å². The van der Waals surface area contributed by atoms with Gasteiger partial charge in [0.25, 0.3) is 11.6 Å². The van der Waals surface area contributed by atoms with Gasteiger partial charge in [0.05, 0.1) is 16.2 Å². The smallest absolute Gasteiger partial charge is 0.274 e. The number of nitrogens with zero attached hydrogens (tertiary/aromatic N) is 1. The number of carbonyl (C=O) groups is 1. The number of benzene rings is 3. The fourth-order valence-corrected chi connectivity index (χ4v) is 2.52. The van der Waals surface area contributed by atoms with E-state index in [1.54, 1.807) is 37.3 Å². The van der Waals surface area contributed by atoms with Gasteiger partial charge < -0.3 is 14.8 Å². The van der Waals surface area contributed by atoms with E-state index in [4.69, 9.17) is 9.47 Å². The van der Waals surface area contributed by atoms with Crippen LogP contribution in [0.2, 0.25) is 0 Å². The van der Waals surface area contributed by atoms with Gasteiger partial charge in [-0.25, -0.2) is 0 Å². The molecule has 7 heteroatoms. The summed E-state index contributed by atoms with van der Waals surface area (Å²) in [7, 11) is 0. The lowest BCUT2D eigenvalue weighted by atomic mass is 10.1. The number of nitro benzene ring substituents is 1. The van der Waals surface area contributed by atoms with Gasteiger partial charge in [0, 0.05) is 6.07 Å². The Hall–Kier alpha value is -3.87. The molecule has 3 aromatic rings. The van der Waals surface area contributed by atoms with Crippen molar-refractivity contribution < 1.29 is 19.2 Å². The van der Waals surface area contributed by atoms with Crippen molar-refractivity contribution in [2.24, 2.45) is 0 Å². The number of anilines is 1. The topological polar surface area (TPSA) is 90.7 Å². The van der Waals surface area contributed by atoms with Crippen LogP contribution >= 0.6 is 0 Å². The first kappa shape index (κ1) is 18.9. The fraction of sp³-hybridized carbons (Fsp3) is 0.0952. The molecular weight excluding hydrogens is 360 g/mol. The van der Waals surface area contributed by atoms with Crippen LogP contribution in [-0.4, -0.2) is 17.4 Å². The van der Waals surface area contributed by atoms with Crippen LogP contribution in [-0.2, 0) is 4.79 Å². The number of rotatable bonds is 7. The van der Waals surface area contributed by atoms with Crippen molar-refractivity contribution >= 4 is 17.3 Å². The predicted molar refractivity (Wildman–Crippen MR) is 105 cm³/mol. The average Bonchev–Trinajstić information content (AvgIpc) is 2.69. The molecular formula is C21H18N2O5. The molecule has 0 bridgehead atoms. The Bertz CT molecular complexity index is 972. The maximum absolute atomic E-state index is 12.1. The lowest BCUT2D eigenvalue weighted by Crippen LogP contribution is -2.20. The van der Waals surface area contributed by atoms with Gasteiger partial charge in [0.15, 0.2) is 6.61 Å². The first-order valence-electron chi connectivity index (χ1n) is 8.52. The van der Waals surface area contributed by atoms with E-state index in [9.17, 15) is 14.9 Å². The highest BCUT2D eigenvalue weighted by Crippen LogP contribution is 2.25. The molecule has 0 fully saturated rings. The first-order chi connectivity index (χ1) is 13.5. The molecule has 142 valence electrons. The molecule has 0 radical (unpaired) electrons. The summed E-state index contributed by atoms with van der Waals surface area (Å²) in [5.74, 6) is 1.47. The Kier molecular flexibility index (Phi) is 5.86. The quantitative estimate of drug-likeness (QED) is 0.475. The summed E-state index contributed by atoms with van der Waals surface area (Å²) >= 11 is 0. The van der Waals surface area contributed by atoms with Crippen molar-refractivity contribution in [2.75, 3.05) is 11.9 Å². The van der Waals surface area contributed by atoms with Crippen molar-refractivity contribution in [1.82, 2.24) is 0 Å². The Labute approximate surface area is 161 Å². The van der Waals surface area contributed by atoms with E-state index in [1.165, 1.54) is 12.1 Å². The molecule has 0 aliphatic heterocycles. The number of carbonyl (C=O) groups excluding carboxylic acids is 1. The minimum atomic E-state index is -0.486. The molecule has 1 N–H and O–H groups in total. The number of amides is 1. The molecule has 0 saturated heterocycles. The van der Waals surface area contributed by atoms with Gasteiger partial charge in [-0.2, -0.15) is 0 Å². The second kappa shape index (κ2) is 8.68. The Morgan fingerprint density at radius 3 is 2.25 bits per heavy atom. The van der Waals surface area contributed by atoms with Crippen LogP contribution in [0.1, 0.15) is 5.56 Å². The molecule has 3 rings (SSSR count). The van der Waals surface area contributed by atoms with Gasteiger partial charge in [0.1, 0.15) is 17.2 Å². The van der Waals surface area contributed by atoms with E-state index in [2.05, 4.69) is 5.32 Å². The van der Waals surface area contributed by atoms with Crippen molar-refractivity contribution in [3.63, 3.8) is 0 Å². The summed E-state index contributed by atoms with van der Waals surface area (Å²) < 4.78 is 11.2. The molecule has 0 aliphatic rings. The van der Waals surface area contributed by atoms with E-state index in [0.29, 0.717) is 22.7 Å². The Morgan fingerprint density at radius 2 is 1.57 bits per heavy atom. The maximum Gasteiger partial charge on any atom is 0.274 e. The molecule has 3 aromatic carbocycles. The molecule has 0 unspecified atom stereocenters. The van der Waals surface area contributed by atoms with Gasteiger partial charge in [0.2, 0.25) is 0 Å². The van der Waals surface area contributed by atoms with Crippen LogP contribution in [0.3, 0.4) is 0 Å². The predicted octanol–water partition coefficient (Wildman–Crippen LogP) is 4.71. The van der Waals surface area contributed by atoms with E-state index >= 15 is 0 Å². The number of nitro groups is 1. The van der Waals surface area contributed by atoms with Crippen LogP contribution in [0.4, 0.5) is 11.4 Å². The number of para-hydroxylation sites is 1. The zero-order valence-corrected chi connectivity index (χ0v) is 15.1. The van der Waals surface area contributed by atoms with Crippen LogP contribution in [0.25, 0.3) is 0 Å². The first-order valence-corrected chi connectivity index (χ1v) is 8.52. The zero-order valence-electron chi connectivity index (χ0n) is 15.1. The number of hydrogen-bond acceptors (Lipinski definition) is 5. The molecule has 1 amide bonds. The fourth-order valence-electron chi connectivity index (χ4n) is 2.52. The Balaban J connectivity index is 1.55. The van der Waals surface area contributed by atoms with Crippen LogP contribution in [0.15, 0.2) is 72.8 Å². The normalized spacial score (nSPS) is 10.2. The summed E-state index contributed by atoms with van der Waals surface area (Å²) in [5.41, 5.74) is 0.727. The lowest BCUT2D eigenvalue weighted by Gasteiger charge is -2.10. The summed E-state index contributed by atoms with van der Waals surface area (Å²) in [6.45, 7) is 1.36. The Morgan fingerprint density at radius 1 is 0.929 bits per heavy atom. The average molecular weight is 378 g/mol. The van der Waals surface area contributed by atoms with E-state index in [1.807, 2.05) is 30.3 Å². The molecule has 0 spiro atoms. The second-order valence-corrected chi connectivity index (χ2v) is 5.93. The second-order valence-electron chi connectivity index (χ2n) is 5.93. The molecule has 0 aromatic heterocycles. The van der Waals surface area contributed by atoms with E-state index in [-0.39, 0.29) is 12.3 Å². The van der Waals surface area contributed by atoms with Crippen LogP contribution in [0.5, 0.6) is 17.2 Å². The SMILES string of the molecule is Cc1c(NC(=O)COc2ccc(Oc3ccccc3)cc2)cccc1[N+](=O)[O-]. The molecule has 0 heterocycles. The van der Waals surface area contributed by atoms with Gasteiger partial charge in [-0.15, -0.1) is 0 Å². The summed E-state index contributed by atoms with van der Waals surface area (Å²) in [6, 6.07) is 20.8. The highest BCUT2D eigenvalue weighted by molar-refractivity contribution is 5.93. The molecule has 7 nitrogen and oxygen atoms in total. The third-order valence-electron chi connectivity index (χ3n) is 3.95. The van der Waals surface area contributed by atoms with Crippen molar-refractivity contribution in [1.29, 1.82) is 0 Å². The third-order valence-corrected chi connectivity index (χ3v) is 3.95. The third kappa shape index (κ3) is 4.85. The highest BCUT2D eigenvalue weighted by atomic mass is 16.6. The number of hydrogen-bond donors (Lipinski definition) is 1. The van der Waals surface area contributed by atoms with Gasteiger partial charge >= 0.3 is 0 Å². The summed E-state index contributed by atoms with van der Waals surface area (Å²) in [4.78, 5) is 22.6. The van der Waals surface area contributed by atoms with Crippen molar-refractivity contribution in [3.05, 3.63) is 88.5 Å². The summed E-state index contributed by atoms with van der Waals surface area (Å²) in [5, 5.41) is 13.6. The lowest BCUT2D eigenvalue weighted by molar-refractivity contribution is -0.385. The largest absolute Gasteiger partial charge is 0.484 e. The van der Waals surface area contributed by atoms with Crippen LogP contribution in [0, 0.1) is 17.0 Å².